The van der Waals surface area contributed by atoms with E-state index in [1.165, 1.54) is 6.42 Å². The van der Waals surface area contributed by atoms with Gasteiger partial charge in [0.2, 0.25) is 17.8 Å². The molecule has 3 fully saturated rings. The highest BCUT2D eigenvalue weighted by atomic mass is 19.3. The number of carbonyl (C=O) groups excluding carboxylic acids is 1. The van der Waals surface area contributed by atoms with E-state index in [2.05, 4.69) is 15.4 Å². The van der Waals surface area contributed by atoms with E-state index in [1.807, 2.05) is 6.07 Å². The van der Waals surface area contributed by atoms with Crippen molar-refractivity contribution in [3.05, 3.63) is 29.7 Å². The first kappa shape index (κ1) is 24.5. The van der Waals surface area contributed by atoms with Crippen LogP contribution < -0.4 is 11.1 Å². The van der Waals surface area contributed by atoms with Crippen molar-refractivity contribution < 1.29 is 22.4 Å². The number of nitrogens with one attached hydrogen (secondary N) is 1. The summed E-state index contributed by atoms with van der Waals surface area (Å²) in [6, 6.07) is 1.17. The SMILES string of the molecule is N[C@H](c1cn2ncc(C(CC3CCC3)NC(=O)CC3CC(F)(F)C3)cc2n1)C1CCC(F)(F)CC1. The Morgan fingerprint density at radius 1 is 1.11 bits per heavy atom. The summed E-state index contributed by atoms with van der Waals surface area (Å²) in [5.74, 6) is -5.27. The number of nitrogens with two attached hydrogens (primary N) is 1. The molecule has 2 aromatic rings. The quantitative estimate of drug-likeness (QED) is 0.485. The minimum Gasteiger partial charge on any atom is -0.349 e. The van der Waals surface area contributed by atoms with Gasteiger partial charge in [-0.05, 0) is 48.6 Å². The fourth-order valence-corrected chi connectivity index (χ4v) is 5.71. The number of nitrogens with zero attached hydrogens (tertiary/aromatic N) is 3. The van der Waals surface area contributed by atoms with Gasteiger partial charge in [0.1, 0.15) is 0 Å². The maximum Gasteiger partial charge on any atom is 0.248 e. The Bertz CT molecular complexity index is 1050. The van der Waals surface area contributed by atoms with Gasteiger partial charge in [0, 0.05) is 32.1 Å². The Morgan fingerprint density at radius 3 is 2.46 bits per heavy atom. The van der Waals surface area contributed by atoms with Crippen LogP contribution in [-0.4, -0.2) is 32.4 Å². The first-order chi connectivity index (χ1) is 16.6. The zero-order valence-corrected chi connectivity index (χ0v) is 19.7. The molecule has 2 heterocycles. The lowest BCUT2D eigenvalue weighted by Crippen LogP contribution is -2.39. The molecule has 1 unspecified atom stereocenters. The van der Waals surface area contributed by atoms with Gasteiger partial charge in [-0.1, -0.05) is 19.3 Å². The normalized spacial score (nSPS) is 24.5. The summed E-state index contributed by atoms with van der Waals surface area (Å²) in [5, 5.41) is 7.52. The van der Waals surface area contributed by atoms with Crippen LogP contribution >= 0.6 is 0 Å². The number of amides is 1. The Hall–Kier alpha value is -2.23. The predicted molar refractivity (Wildman–Crippen MR) is 122 cm³/mol. The van der Waals surface area contributed by atoms with Gasteiger partial charge in [-0.2, -0.15) is 5.10 Å². The van der Waals surface area contributed by atoms with E-state index in [9.17, 15) is 22.4 Å². The number of aromatic nitrogens is 3. The molecule has 3 saturated carbocycles. The third kappa shape index (κ3) is 5.62. The second-order valence-electron chi connectivity index (χ2n) is 11.0. The Morgan fingerprint density at radius 2 is 1.83 bits per heavy atom. The number of imidazole rings is 1. The third-order valence-electron chi connectivity index (χ3n) is 8.15. The minimum atomic E-state index is -2.64. The Kier molecular flexibility index (Phi) is 6.52. The lowest BCUT2D eigenvalue weighted by atomic mass is 9.78. The largest absolute Gasteiger partial charge is 0.349 e. The second kappa shape index (κ2) is 9.33. The highest BCUT2D eigenvalue weighted by molar-refractivity contribution is 5.77. The summed E-state index contributed by atoms with van der Waals surface area (Å²) in [6.45, 7) is 0. The van der Waals surface area contributed by atoms with Crippen molar-refractivity contribution in [3.63, 3.8) is 0 Å². The van der Waals surface area contributed by atoms with Crippen molar-refractivity contribution in [2.45, 2.75) is 94.6 Å². The van der Waals surface area contributed by atoms with E-state index in [1.54, 1.807) is 16.9 Å². The molecule has 0 saturated heterocycles. The summed E-state index contributed by atoms with van der Waals surface area (Å²) in [6.07, 6.45) is 7.69. The first-order valence-electron chi connectivity index (χ1n) is 12.7. The van der Waals surface area contributed by atoms with Crippen LogP contribution in [0.2, 0.25) is 0 Å². The van der Waals surface area contributed by atoms with Crippen LogP contribution in [0.25, 0.3) is 5.65 Å². The molecule has 10 heteroatoms. The molecule has 3 aliphatic rings. The van der Waals surface area contributed by atoms with Crippen molar-refractivity contribution in [2.24, 2.45) is 23.5 Å². The number of carbonyl (C=O) groups is 1. The van der Waals surface area contributed by atoms with Crippen LogP contribution in [0.15, 0.2) is 18.5 Å². The summed E-state index contributed by atoms with van der Waals surface area (Å²) in [7, 11) is 0. The standard InChI is InChI=1S/C25H33F4N5O/c26-24(27)6-4-17(5-7-24)23(30)20-14-34-21(32-20)10-18(13-31-34)19(8-15-2-1-3-15)33-22(35)9-16-11-25(28,29)12-16/h10,13-17,19,23H,1-9,11-12,30H2,(H,33,35)/t19?,23-/m0/s1. The maximum atomic E-state index is 13.5. The monoisotopic (exact) mass is 495 g/mol. The lowest BCUT2D eigenvalue weighted by molar-refractivity contribution is -0.134. The maximum absolute atomic E-state index is 13.5. The molecule has 6 nitrogen and oxygen atoms in total. The van der Waals surface area contributed by atoms with Crippen molar-refractivity contribution >= 4 is 11.6 Å². The summed E-state index contributed by atoms with van der Waals surface area (Å²) in [5.41, 5.74) is 8.43. The number of rotatable bonds is 8. The van der Waals surface area contributed by atoms with Gasteiger partial charge in [-0.25, -0.2) is 27.1 Å². The van der Waals surface area contributed by atoms with Gasteiger partial charge in [0.25, 0.3) is 0 Å². The van der Waals surface area contributed by atoms with E-state index in [0.717, 1.165) is 24.8 Å². The van der Waals surface area contributed by atoms with Crippen LogP contribution in [-0.2, 0) is 4.79 Å². The topological polar surface area (TPSA) is 85.3 Å². The van der Waals surface area contributed by atoms with Crippen LogP contribution in [0.5, 0.6) is 0 Å². The van der Waals surface area contributed by atoms with Crippen molar-refractivity contribution in [1.29, 1.82) is 0 Å². The number of hydrogen-bond donors (Lipinski definition) is 2. The number of alkyl halides is 4. The van der Waals surface area contributed by atoms with Gasteiger partial charge < -0.3 is 11.1 Å². The molecule has 0 spiro atoms. The molecule has 0 aromatic carbocycles. The zero-order chi connectivity index (χ0) is 24.8. The van der Waals surface area contributed by atoms with E-state index in [0.29, 0.717) is 30.1 Å². The van der Waals surface area contributed by atoms with Gasteiger partial charge in [0.05, 0.1) is 30.2 Å². The molecular weight excluding hydrogens is 462 g/mol. The van der Waals surface area contributed by atoms with Gasteiger partial charge in [-0.15, -0.1) is 0 Å². The molecule has 2 atom stereocenters. The van der Waals surface area contributed by atoms with Crippen LogP contribution in [0, 0.1) is 17.8 Å². The van der Waals surface area contributed by atoms with Crippen molar-refractivity contribution in [2.75, 3.05) is 0 Å². The van der Waals surface area contributed by atoms with Gasteiger partial charge in [0.15, 0.2) is 5.65 Å². The van der Waals surface area contributed by atoms with Gasteiger partial charge in [-0.3, -0.25) is 4.79 Å². The van der Waals surface area contributed by atoms with E-state index in [-0.39, 0.29) is 55.9 Å². The van der Waals surface area contributed by atoms with Crippen LogP contribution in [0.3, 0.4) is 0 Å². The molecule has 0 aliphatic heterocycles. The van der Waals surface area contributed by atoms with Crippen molar-refractivity contribution in [3.8, 4) is 0 Å². The van der Waals surface area contributed by atoms with E-state index in [4.69, 9.17) is 5.73 Å². The number of halogens is 4. The third-order valence-corrected chi connectivity index (χ3v) is 8.15. The molecular formula is C25H33F4N5O. The Balaban J connectivity index is 1.29. The average Bonchev–Trinajstić information content (AvgIpc) is 3.17. The van der Waals surface area contributed by atoms with Crippen LogP contribution in [0.4, 0.5) is 17.6 Å². The molecule has 192 valence electrons. The summed E-state index contributed by atoms with van der Waals surface area (Å²) in [4.78, 5) is 17.3. The molecule has 35 heavy (non-hydrogen) atoms. The smallest absolute Gasteiger partial charge is 0.248 e. The van der Waals surface area contributed by atoms with Crippen molar-refractivity contribution in [1.82, 2.24) is 19.9 Å². The first-order valence-corrected chi connectivity index (χ1v) is 12.7. The van der Waals surface area contributed by atoms with E-state index < -0.39 is 17.9 Å². The van der Waals surface area contributed by atoms with Crippen LogP contribution in [0.1, 0.15) is 94.0 Å². The molecule has 0 bridgehead atoms. The number of fused-ring (bicyclic) bond motifs is 1. The van der Waals surface area contributed by atoms with E-state index >= 15 is 0 Å². The summed E-state index contributed by atoms with van der Waals surface area (Å²) >= 11 is 0. The highest BCUT2D eigenvalue weighted by Gasteiger charge is 2.46. The predicted octanol–water partition coefficient (Wildman–Crippen LogP) is 5.34. The zero-order valence-electron chi connectivity index (χ0n) is 19.7. The Labute approximate surface area is 202 Å². The second-order valence-corrected chi connectivity index (χ2v) is 11.0. The molecule has 2 aromatic heterocycles. The van der Waals surface area contributed by atoms with Gasteiger partial charge >= 0.3 is 0 Å². The highest BCUT2D eigenvalue weighted by Crippen LogP contribution is 2.44. The molecule has 3 aliphatic carbocycles. The fourth-order valence-electron chi connectivity index (χ4n) is 5.71. The average molecular weight is 496 g/mol. The minimum absolute atomic E-state index is 0.0523. The molecule has 5 rings (SSSR count). The lowest BCUT2D eigenvalue weighted by Gasteiger charge is -2.35. The summed E-state index contributed by atoms with van der Waals surface area (Å²) < 4.78 is 55.0. The molecule has 0 radical (unpaired) electrons. The number of hydrogen-bond acceptors (Lipinski definition) is 4. The molecule has 3 N–H and O–H groups in total. The fraction of sp³-hybridized carbons (Fsp3) is 0.720. The molecule has 1 amide bonds.